The van der Waals surface area contributed by atoms with E-state index in [2.05, 4.69) is 4.72 Å². The van der Waals surface area contributed by atoms with Crippen LogP contribution in [-0.2, 0) is 10.0 Å². The number of rotatable bonds is 8. The lowest BCUT2D eigenvalue weighted by molar-refractivity contribution is 0.0989. The van der Waals surface area contributed by atoms with Gasteiger partial charge in [-0.25, -0.2) is 8.42 Å². The van der Waals surface area contributed by atoms with Crippen molar-refractivity contribution in [3.63, 3.8) is 0 Å². The van der Waals surface area contributed by atoms with Crippen molar-refractivity contribution >= 4 is 27.3 Å². The molecule has 0 aliphatic heterocycles. The summed E-state index contributed by atoms with van der Waals surface area (Å²) in [6.45, 7) is 2.29. The average Bonchev–Trinajstić information content (AvgIpc) is 2.79. The third-order valence-electron chi connectivity index (χ3n) is 4.70. The number of benzene rings is 3. The normalized spacial score (nSPS) is 10.9. The fraction of sp³-hybridized carbons (Fsp3) is 0.174. The van der Waals surface area contributed by atoms with Crippen LogP contribution in [0.1, 0.15) is 17.3 Å². The fourth-order valence-corrected chi connectivity index (χ4v) is 4.24. The van der Waals surface area contributed by atoms with E-state index in [0.29, 0.717) is 12.3 Å². The minimum absolute atomic E-state index is 0.0113. The first kappa shape index (κ1) is 22.2. The van der Waals surface area contributed by atoms with E-state index in [9.17, 15) is 13.2 Å². The highest BCUT2D eigenvalue weighted by molar-refractivity contribution is 7.92. The molecule has 162 valence electrons. The van der Waals surface area contributed by atoms with Gasteiger partial charge in [-0.15, -0.1) is 0 Å². The third-order valence-corrected chi connectivity index (χ3v) is 6.06. The van der Waals surface area contributed by atoms with Gasteiger partial charge in [0.2, 0.25) is 0 Å². The van der Waals surface area contributed by atoms with Gasteiger partial charge in [0.15, 0.2) is 11.5 Å². The largest absolute Gasteiger partial charge is 0.493 e. The van der Waals surface area contributed by atoms with Crippen LogP contribution in [0.2, 0.25) is 0 Å². The Balaban J connectivity index is 1.96. The molecule has 0 aromatic heterocycles. The minimum Gasteiger partial charge on any atom is -0.493 e. The van der Waals surface area contributed by atoms with Crippen LogP contribution >= 0.6 is 0 Å². The molecule has 0 heterocycles. The number of hydrogen-bond acceptors (Lipinski definition) is 5. The van der Waals surface area contributed by atoms with E-state index in [1.54, 1.807) is 29.2 Å². The van der Waals surface area contributed by atoms with Crippen molar-refractivity contribution in [2.24, 2.45) is 0 Å². The van der Waals surface area contributed by atoms with E-state index in [4.69, 9.17) is 9.47 Å². The zero-order valence-electron chi connectivity index (χ0n) is 17.5. The van der Waals surface area contributed by atoms with Crippen LogP contribution in [0.3, 0.4) is 0 Å². The van der Waals surface area contributed by atoms with Crippen LogP contribution in [0.5, 0.6) is 11.5 Å². The lowest BCUT2D eigenvalue weighted by Crippen LogP contribution is -2.31. The lowest BCUT2D eigenvalue weighted by Gasteiger charge is -2.22. The Morgan fingerprint density at radius 3 is 2.19 bits per heavy atom. The number of carbonyl (C=O) groups is 1. The summed E-state index contributed by atoms with van der Waals surface area (Å²) in [4.78, 5) is 14.8. The summed E-state index contributed by atoms with van der Waals surface area (Å²) in [6, 6.07) is 20.0. The molecule has 0 atom stereocenters. The number of para-hydroxylation sites is 2. The Morgan fingerprint density at radius 2 is 1.55 bits per heavy atom. The summed E-state index contributed by atoms with van der Waals surface area (Å²) in [5.74, 6) is 0.397. The monoisotopic (exact) mass is 440 g/mol. The number of nitrogens with one attached hydrogen (secondary N) is 1. The molecule has 1 N–H and O–H groups in total. The quantitative estimate of drug-likeness (QED) is 0.568. The van der Waals surface area contributed by atoms with Gasteiger partial charge >= 0.3 is 0 Å². The number of hydrogen-bond donors (Lipinski definition) is 1. The molecule has 0 aliphatic carbocycles. The smallest absolute Gasteiger partial charge is 0.262 e. The molecule has 7 nitrogen and oxygen atoms in total. The van der Waals surface area contributed by atoms with E-state index in [0.717, 1.165) is 5.69 Å². The van der Waals surface area contributed by atoms with E-state index >= 15 is 0 Å². The molecule has 0 radical (unpaired) electrons. The van der Waals surface area contributed by atoms with E-state index in [1.165, 1.54) is 32.4 Å². The Morgan fingerprint density at radius 1 is 0.903 bits per heavy atom. The molecule has 0 bridgehead atoms. The van der Waals surface area contributed by atoms with Gasteiger partial charge in [-0.3, -0.25) is 9.52 Å². The van der Waals surface area contributed by atoms with Crippen molar-refractivity contribution in [3.05, 3.63) is 78.4 Å². The maximum Gasteiger partial charge on any atom is 0.262 e. The third kappa shape index (κ3) is 4.80. The molecule has 8 heteroatoms. The molecule has 0 spiro atoms. The minimum atomic E-state index is -3.98. The SMILES string of the molecule is CCN(C(=O)c1ccccc1NS(=O)(=O)c1ccc(OC)c(OC)c1)c1ccccc1. The van der Waals surface area contributed by atoms with Crippen LogP contribution in [0.25, 0.3) is 0 Å². The van der Waals surface area contributed by atoms with Gasteiger partial charge in [-0.1, -0.05) is 30.3 Å². The van der Waals surface area contributed by atoms with E-state index in [-0.39, 0.29) is 27.8 Å². The standard InChI is InChI=1S/C23H24N2O5S/c1-4-25(17-10-6-5-7-11-17)23(26)19-12-8-9-13-20(19)24-31(27,28)18-14-15-21(29-2)22(16-18)30-3/h5-16,24H,4H2,1-3H3. The number of anilines is 2. The maximum atomic E-state index is 13.3. The number of sulfonamides is 1. The zero-order valence-corrected chi connectivity index (χ0v) is 18.3. The van der Waals surface area contributed by atoms with Crippen molar-refractivity contribution in [2.75, 3.05) is 30.4 Å². The van der Waals surface area contributed by atoms with Gasteiger partial charge in [0.25, 0.3) is 15.9 Å². The van der Waals surface area contributed by atoms with Gasteiger partial charge in [-0.05, 0) is 43.3 Å². The van der Waals surface area contributed by atoms with Crippen molar-refractivity contribution < 1.29 is 22.7 Å². The van der Waals surface area contributed by atoms with Crippen molar-refractivity contribution in [1.29, 1.82) is 0 Å². The molecule has 3 aromatic rings. The average molecular weight is 441 g/mol. The highest BCUT2D eigenvalue weighted by atomic mass is 32.2. The summed E-state index contributed by atoms with van der Waals surface area (Å²) in [5.41, 5.74) is 1.17. The molecular formula is C23H24N2O5S. The molecule has 3 aromatic carbocycles. The van der Waals surface area contributed by atoms with Crippen LogP contribution in [0.15, 0.2) is 77.7 Å². The number of ether oxygens (including phenoxy) is 2. The van der Waals surface area contributed by atoms with E-state index in [1.807, 2.05) is 37.3 Å². The molecule has 0 fully saturated rings. The first-order valence-electron chi connectivity index (χ1n) is 9.62. The Kier molecular flexibility index (Phi) is 6.81. The summed E-state index contributed by atoms with van der Waals surface area (Å²) >= 11 is 0. The Hall–Kier alpha value is -3.52. The molecule has 0 unspecified atom stereocenters. The van der Waals surface area contributed by atoms with Crippen LogP contribution in [0.4, 0.5) is 11.4 Å². The number of amides is 1. The van der Waals surface area contributed by atoms with Crippen molar-refractivity contribution in [2.45, 2.75) is 11.8 Å². The summed E-state index contributed by atoms with van der Waals surface area (Å²) in [5, 5.41) is 0. The summed E-state index contributed by atoms with van der Waals surface area (Å²) < 4.78 is 38.9. The molecule has 0 saturated carbocycles. The predicted octanol–water partition coefficient (Wildman–Crippen LogP) is 4.17. The molecular weight excluding hydrogens is 416 g/mol. The van der Waals surface area contributed by atoms with Gasteiger partial charge in [0.1, 0.15) is 0 Å². The molecule has 0 saturated heterocycles. The van der Waals surface area contributed by atoms with Crippen LogP contribution in [0, 0.1) is 0 Å². The highest BCUT2D eigenvalue weighted by Gasteiger charge is 2.23. The first-order chi connectivity index (χ1) is 14.9. The predicted molar refractivity (Wildman–Crippen MR) is 121 cm³/mol. The lowest BCUT2D eigenvalue weighted by atomic mass is 10.1. The second-order valence-electron chi connectivity index (χ2n) is 6.55. The molecule has 3 rings (SSSR count). The number of methoxy groups -OCH3 is 2. The highest BCUT2D eigenvalue weighted by Crippen LogP contribution is 2.31. The van der Waals surface area contributed by atoms with E-state index < -0.39 is 10.0 Å². The molecule has 31 heavy (non-hydrogen) atoms. The van der Waals surface area contributed by atoms with Crippen LogP contribution in [-0.4, -0.2) is 35.1 Å². The second-order valence-corrected chi connectivity index (χ2v) is 8.24. The molecule has 0 aliphatic rings. The first-order valence-corrected chi connectivity index (χ1v) is 11.1. The summed E-state index contributed by atoms with van der Waals surface area (Å²) in [7, 11) is -1.08. The second kappa shape index (κ2) is 9.53. The van der Waals surface area contributed by atoms with Gasteiger partial charge in [-0.2, -0.15) is 0 Å². The van der Waals surface area contributed by atoms with Crippen molar-refractivity contribution in [3.8, 4) is 11.5 Å². The Bertz CT molecular complexity index is 1160. The number of nitrogens with zero attached hydrogens (tertiary/aromatic N) is 1. The fourth-order valence-electron chi connectivity index (χ4n) is 3.14. The van der Waals surface area contributed by atoms with Gasteiger partial charge in [0.05, 0.1) is 30.4 Å². The number of carbonyl (C=O) groups excluding carboxylic acids is 1. The van der Waals surface area contributed by atoms with Gasteiger partial charge < -0.3 is 14.4 Å². The zero-order chi connectivity index (χ0) is 22.4. The van der Waals surface area contributed by atoms with Crippen LogP contribution < -0.4 is 19.1 Å². The van der Waals surface area contributed by atoms with Crippen molar-refractivity contribution in [1.82, 2.24) is 0 Å². The summed E-state index contributed by atoms with van der Waals surface area (Å²) in [6.07, 6.45) is 0. The molecule has 1 amide bonds. The van der Waals surface area contributed by atoms with Gasteiger partial charge in [0, 0.05) is 18.3 Å². The topological polar surface area (TPSA) is 84.9 Å². The Labute approximate surface area is 182 Å². The maximum absolute atomic E-state index is 13.3.